The van der Waals surface area contributed by atoms with Crippen LogP contribution in [-0.4, -0.2) is 49.7 Å². The van der Waals surface area contributed by atoms with E-state index in [4.69, 9.17) is 9.47 Å². The molecule has 2 atom stereocenters. The minimum Gasteiger partial charge on any atom is -0.389 e. The summed E-state index contributed by atoms with van der Waals surface area (Å²) < 4.78 is 10.9. The van der Waals surface area contributed by atoms with Gasteiger partial charge in [0, 0.05) is 19.2 Å². The second-order valence-corrected chi connectivity index (χ2v) is 4.87. The van der Waals surface area contributed by atoms with Gasteiger partial charge >= 0.3 is 0 Å². The molecule has 2 aliphatic rings. The lowest BCUT2D eigenvalue weighted by Gasteiger charge is -2.17. The fourth-order valence-electron chi connectivity index (χ4n) is 2.26. The molecule has 17 heavy (non-hydrogen) atoms. The molecule has 0 aromatic heterocycles. The van der Waals surface area contributed by atoms with Crippen molar-refractivity contribution in [2.75, 3.05) is 26.4 Å². The van der Waals surface area contributed by atoms with Crippen molar-refractivity contribution < 1.29 is 14.6 Å². The zero-order valence-corrected chi connectivity index (χ0v) is 10.3. The van der Waals surface area contributed by atoms with Gasteiger partial charge in [-0.2, -0.15) is 0 Å². The molecule has 1 fully saturated rings. The summed E-state index contributed by atoms with van der Waals surface area (Å²) in [6.45, 7) is 2.47. The van der Waals surface area contributed by atoms with Crippen LogP contribution in [0.1, 0.15) is 25.7 Å². The van der Waals surface area contributed by atoms with Gasteiger partial charge in [0.1, 0.15) is 0 Å². The zero-order valence-electron chi connectivity index (χ0n) is 10.3. The monoisotopic (exact) mass is 241 g/mol. The number of nitrogens with one attached hydrogen (secondary N) is 1. The summed E-state index contributed by atoms with van der Waals surface area (Å²) in [6.07, 6.45) is 8.55. The van der Waals surface area contributed by atoms with E-state index in [0.717, 1.165) is 32.3 Å². The molecule has 1 aliphatic carbocycles. The molecule has 2 N–H and O–H groups in total. The molecule has 0 amide bonds. The highest BCUT2D eigenvalue weighted by atomic mass is 16.5. The third kappa shape index (κ3) is 4.76. The lowest BCUT2D eigenvalue weighted by Crippen LogP contribution is -2.36. The molecule has 98 valence electrons. The van der Waals surface area contributed by atoms with Crippen molar-refractivity contribution in [2.45, 2.75) is 43.9 Å². The standard InChI is InChI=1S/C13H23NO3/c15-12(8-14-11-4-1-2-5-11)9-16-10-13-6-3-7-17-13/h1-2,11-15H,3-10H2. The number of aliphatic hydroxyl groups is 1. The van der Waals surface area contributed by atoms with Gasteiger partial charge in [0.2, 0.25) is 0 Å². The van der Waals surface area contributed by atoms with Crippen LogP contribution in [-0.2, 0) is 9.47 Å². The maximum absolute atomic E-state index is 9.73. The molecule has 4 heteroatoms. The Labute approximate surface area is 103 Å². The van der Waals surface area contributed by atoms with Crippen LogP contribution in [0, 0.1) is 0 Å². The highest BCUT2D eigenvalue weighted by molar-refractivity contribution is 4.97. The first kappa shape index (κ1) is 13.0. The van der Waals surface area contributed by atoms with Gasteiger partial charge in [-0.3, -0.25) is 0 Å². The first-order valence-corrected chi connectivity index (χ1v) is 6.60. The van der Waals surface area contributed by atoms with Crippen molar-refractivity contribution in [3.05, 3.63) is 12.2 Å². The van der Waals surface area contributed by atoms with Gasteiger partial charge in [-0.05, 0) is 25.7 Å². The quantitative estimate of drug-likeness (QED) is 0.649. The predicted molar refractivity (Wildman–Crippen MR) is 66.0 cm³/mol. The van der Waals surface area contributed by atoms with Crippen molar-refractivity contribution >= 4 is 0 Å². The zero-order chi connectivity index (χ0) is 11.9. The number of ether oxygens (including phenoxy) is 2. The first-order chi connectivity index (χ1) is 8.34. The topological polar surface area (TPSA) is 50.7 Å². The van der Waals surface area contributed by atoms with Crippen LogP contribution in [0.2, 0.25) is 0 Å². The van der Waals surface area contributed by atoms with Gasteiger partial charge in [-0.25, -0.2) is 0 Å². The highest BCUT2D eigenvalue weighted by Crippen LogP contribution is 2.12. The Hall–Kier alpha value is -0.420. The Kier molecular flexibility index (Phi) is 5.45. The van der Waals surface area contributed by atoms with E-state index in [0.29, 0.717) is 25.8 Å². The second-order valence-electron chi connectivity index (χ2n) is 4.87. The van der Waals surface area contributed by atoms with Crippen LogP contribution in [0.15, 0.2) is 12.2 Å². The molecule has 2 unspecified atom stereocenters. The van der Waals surface area contributed by atoms with E-state index in [2.05, 4.69) is 17.5 Å². The molecular formula is C13H23NO3. The molecule has 1 heterocycles. The minimum absolute atomic E-state index is 0.245. The van der Waals surface area contributed by atoms with E-state index in [9.17, 15) is 5.11 Å². The van der Waals surface area contributed by atoms with E-state index in [1.54, 1.807) is 0 Å². The third-order valence-electron chi connectivity index (χ3n) is 3.29. The van der Waals surface area contributed by atoms with E-state index in [1.807, 2.05) is 0 Å². The Balaban J connectivity index is 1.47. The molecule has 0 bridgehead atoms. The maximum Gasteiger partial charge on any atom is 0.0897 e. The SMILES string of the molecule is OC(CNC1CC=CC1)COCC1CCCO1. The van der Waals surface area contributed by atoms with Crippen LogP contribution in [0.25, 0.3) is 0 Å². The lowest BCUT2D eigenvalue weighted by atomic mass is 10.2. The molecular weight excluding hydrogens is 218 g/mol. The van der Waals surface area contributed by atoms with E-state index >= 15 is 0 Å². The third-order valence-corrected chi connectivity index (χ3v) is 3.29. The summed E-state index contributed by atoms with van der Waals surface area (Å²) in [5, 5.41) is 13.1. The number of hydrogen-bond donors (Lipinski definition) is 2. The van der Waals surface area contributed by atoms with Crippen molar-refractivity contribution in [3.8, 4) is 0 Å². The first-order valence-electron chi connectivity index (χ1n) is 6.60. The molecule has 0 aromatic carbocycles. The fraction of sp³-hybridized carbons (Fsp3) is 0.846. The van der Waals surface area contributed by atoms with Crippen molar-refractivity contribution in [1.82, 2.24) is 5.32 Å². The van der Waals surface area contributed by atoms with Crippen molar-refractivity contribution in [3.63, 3.8) is 0 Å². The maximum atomic E-state index is 9.73. The molecule has 1 aliphatic heterocycles. The summed E-state index contributed by atoms with van der Waals surface area (Å²) in [7, 11) is 0. The molecule has 2 rings (SSSR count). The highest BCUT2D eigenvalue weighted by Gasteiger charge is 2.16. The van der Waals surface area contributed by atoms with Gasteiger partial charge in [0.05, 0.1) is 25.4 Å². The van der Waals surface area contributed by atoms with Gasteiger partial charge in [0.15, 0.2) is 0 Å². The largest absolute Gasteiger partial charge is 0.389 e. The fourth-order valence-corrected chi connectivity index (χ4v) is 2.26. The van der Waals surface area contributed by atoms with Gasteiger partial charge in [-0.15, -0.1) is 0 Å². The Morgan fingerprint density at radius 1 is 1.41 bits per heavy atom. The summed E-state index contributed by atoms with van der Waals surface area (Å²) in [4.78, 5) is 0. The molecule has 0 spiro atoms. The second kappa shape index (κ2) is 7.11. The average molecular weight is 241 g/mol. The smallest absolute Gasteiger partial charge is 0.0897 e. The molecule has 4 nitrogen and oxygen atoms in total. The summed E-state index contributed by atoms with van der Waals surface area (Å²) >= 11 is 0. The van der Waals surface area contributed by atoms with Crippen molar-refractivity contribution in [2.24, 2.45) is 0 Å². The number of aliphatic hydroxyl groups excluding tert-OH is 1. The van der Waals surface area contributed by atoms with Gasteiger partial charge in [0.25, 0.3) is 0 Å². The Morgan fingerprint density at radius 2 is 2.24 bits per heavy atom. The molecule has 0 aromatic rings. The van der Waals surface area contributed by atoms with E-state index in [1.165, 1.54) is 0 Å². The normalized spacial score (nSPS) is 26.8. The number of rotatable bonds is 7. The van der Waals surface area contributed by atoms with Gasteiger partial charge < -0.3 is 19.9 Å². The van der Waals surface area contributed by atoms with Crippen LogP contribution >= 0.6 is 0 Å². The van der Waals surface area contributed by atoms with Crippen LogP contribution < -0.4 is 5.32 Å². The van der Waals surface area contributed by atoms with E-state index in [-0.39, 0.29) is 6.10 Å². The van der Waals surface area contributed by atoms with Gasteiger partial charge in [-0.1, -0.05) is 12.2 Å². The molecule has 0 radical (unpaired) electrons. The summed E-state index contributed by atoms with van der Waals surface area (Å²) in [6, 6.07) is 0.503. The Bertz CT molecular complexity index is 231. The Morgan fingerprint density at radius 3 is 2.94 bits per heavy atom. The van der Waals surface area contributed by atoms with Crippen LogP contribution in [0.4, 0.5) is 0 Å². The average Bonchev–Trinajstić information content (AvgIpc) is 2.99. The van der Waals surface area contributed by atoms with Crippen molar-refractivity contribution in [1.29, 1.82) is 0 Å². The van der Waals surface area contributed by atoms with Crippen LogP contribution in [0.3, 0.4) is 0 Å². The molecule has 1 saturated heterocycles. The summed E-state index contributed by atoms with van der Waals surface area (Å²) in [5.74, 6) is 0. The van der Waals surface area contributed by atoms with E-state index < -0.39 is 6.10 Å². The van der Waals surface area contributed by atoms with Crippen LogP contribution in [0.5, 0.6) is 0 Å². The minimum atomic E-state index is -0.419. The molecule has 0 saturated carbocycles. The lowest BCUT2D eigenvalue weighted by molar-refractivity contribution is -0.0168. The summed E-state index contributed by atoms with van der Waals surface area (Å²) in [5.41, 5.74) is 0. The number of hydrogen-bond acceptors (Lipinski definition) is 4. The predicted octanol–water partition coefficient (Wildman–Crippen LogP) is 0.851.